The van der Waals surface area contributed by atoms with Crippen LogP contribution in [0.15, 0.2) is 77.7 Å². The third-order valence-corrected chi connectivity index (χ3v) is 8.87. The Balaban J connectivity index is 1.65. The summed E-state index contributed by atoms with van der Waals surface area (Å²) in [5, 5.41) is 3.10. The molecule has 0 bridgehead atoms. The number of benzene rings is 3. The Bertz CT molecular complexity index is 1330. The number of sulfonamides is 1. The zero-order valence-corrected chi connectivity index (χ0v) is 22.5. The second-order valence-electron chi connectivity index (χ2n) is 9.38. The molecule has 0 aromatic heterocycles. The quantitative estimate of drug-likeness (QED) is 0.407. The van der Waals surface area contributed by atoms with E-state index in [-0.39, 0.29) is 17.5 Å². The van der Waals surface area contributed by atoms with Crippen molar-refractivity contribution in [3.63, 3.8) is 0 Å². The standard InChI is InChI=1S/C29H34N2O5S/c1-5-29(6-2)19-26(25-9-7-8-10-27(25)36-29)30-28(32)20-31(22-13-15-23(35-4)16-14-22)37(33,34)24-17-11-21(3)12-18-24/h7-18,26H,5-6,19-20H2,1-4H3,(H,30,32). The summed E-state index contributed by atoms with van der Waals surface area (Å²) < 4.78 is 40.2. The van der Waals surface area contributed by atoms with Gasteiger partial charge in [-0.25, -0.2) is 8.42 Å². The number of nitrogens with one attached hydrogen (secondary N) is 1. The molecule has 1 amide bonds. The van der Waals surface area contributed by atoms with Crippen LogP contribution in [0.2, 0.25) is 0 Å². The van der Waals surface area contributed by atoms with Crippen LogP contribution in [0.3, 0.4) is 0 Å². The Morgan fingerprint density at radius 2 is 1.68 bits per heavy atom. The van der Waals surface area contributed by atoms with Gasteiger partial charge in [0.25, 0.3) is 10.0 Å². The number of carbonyl (C=O) groups is 1. The van der Waals surface area contributed by atoms with E-state index in [4.69, 9.17) is 9.47 Å². The first kappa shape index (κ1) is 26.5. The van der Waals surface area contributed by atoms with E-state index in [1.54, 1.807) is 55.6 Å². The van der Waals surface area contributed by atoms with Gasteiger partial charge in [-0.1, -0.05) is 49.7 Å². The highest BCUT2D eigenvalue weighted by Crippen LogP contribution is 2.42. The number of nitrogens with zero attached hydrogens (tertiary/aromatic N) is 1. The molecular formula is C29H34N2O5S. The summed E-state index contributed by atoms with van der Waals surface area (Å²) in [5.74, 6) is 0.950. The van der Waals surface area contributed by atoms with Crippen LogP contribution in [-0.2, 0) is 14.8 Å². The molecule has 0 aliphatic carbocycles. The number of para-hydroxylation sites is 1. The van der Waals surface area contributed by atoms with Crippen LogP contribution >= 0.6 is 0 Å². The average molecular weight is 523 g/mol. The summed E-state index contributed by atoms with van der Waals surface area (Å²) in [6, 6.07) is 20.6. The minimum atomic E-state index is -4.01. The molecule has 7 nitrogen and oxygen atoms in total. The Hall–Kier alpha value is -3.52. The molecule has 196 valence electrons. The molecule has 0 saturated heterocycles. The lowest BCUT2D eigenvalue weighted by atomic mass is 9.83. The van der Waals surface area contributed by atoms with Crippen molar-refractivity contribution < 1.29 is 22.7 Å². The molecule has 4 rings (SSSR count). The Kier molecular flexibility index (Phi) is 7.78. The van der Waals surface area contributed by atoms with E-state index in [9.17, 15) is 13.2 Å². The molecule has 1 aliphatic rings. The highest BCUT2D eigenvalue weighted by atomic mass is 32.2. The van der Waals surface area contributed by atoms with Gasteiger partial charge in [0.1, 0.15) is 23.6 Å². The van der Waals surface area contributed by atoms with Crippen LogP contribution in [-0.4, -0.2) is 33.6 Å². The Morgan fingerprint density at radius 3 is 2.30 bits per heavy atom. The zero-order chi connectivity index (χ0) is 26.6. The molecule has 0 saturated carbocycles. The maximum absolute atomic E-state index is 13.7. The van der Waals surface area contributed by atoms with Gasteiger partial charge in [-0.05, 0) is 62.2 Å². The van der Waals surface area contributed by atoms with Gasteiger partial charge >= 0.3 is 0 Å². The third kappa shape index (κ3) is 5.59. The van der Waals surface area contributed by atoms with E-state index in [2.05, 4.69) is 19.2 Å². The zero-order valence-electron chi connectivity index (χ0n) is 21.7. The fourth-order valence-electron chi connectivity index (χ4n) is 4.70. The molecule has 1 N–H and O–H groups in total. The van der Waals surface area contributed by atoms with E-state index in [0.717, 1.165) is 34.0 Å². The van der Waals surface area contributed by atoms with Gasteiger partial charge in [-0.15, -0.1) is 0 Å². The van der Waals surface area contributed by atoms with Gasteiger partial charge < -0.3 is 14.8 Å². The summed E-state index contributed by atoms with van der Waals surface area (Å²) in [7, 11) is -2.47. The van der Waals surface area contributed by atoms with Crippen molar-refractivity contribution >= 4 is 21.6 Å². The fraction of sp³-hybridized carbons (Fsp3) is 0.345. The van der Waals surface area contributed by atoms with Crippen molar-refractivity contribution in [1.29, 1.82) is 0 Å². The average Bonchev–Trinajstić information content (AvgIpc) is 2.92. The van der Waals surface area contributed by atoms with Gasteiger partial charge in [0.2, 0.25) is 5.91 Å². The lowest BCUT2D eigenvalue weighted by Gasteiger charge is -2.41. The predicted octanol–water partition coefficient (Wildman–Crippen LogP) is 5.40. The van der Waals surface area contributed by atoms with Gasteiger partial charge in [0.15, 0.2) is 0 Å². The maximum atomic E-state index is 13.7. The molecule has 3 aromatic carbocycles. The smallest absolute Gasteiger partial charge is 0.264 e. The molecule has 0 spiro atoms. The second-order valence-corrected chi connectivity index (χ2v) is 11.2. The number of amides is 1. The molecule has 0 fully saturated rings. The summed E-state index contributed by atoms with van der Waals surface area (Å²) in [6.45, 7) is 5.68. The molecule has 37 heavy (non-hydrogen) atoms. The molecule has 1 heterocycles. The number of fused-ring (bicyclic) bond motifs is 1. The molecule has 1 unspecified atom stereocenters. The number of aryl methyl sites for hydroxylation is 1. The highest BCUT2D eigenvalue weighted by molar-refractivity contribution is 7.92. The van der Waals surface area contributed by atoms with Crippen molar-refractivity contribution in [2.75, 3.05) is 18.0 Å². The first-order valence-corrected chi connectivity index (χ1v) is 14.0. The van der Waals surface area contributed by atoms with Crippen molar-refractivity contribution in [1.82, 2.24) is 5.32 Å². The van der Waals surface area contributed by atoms with Crippen LogP contribution in [0.25, 0.3) is 0 Å². The molecule has 3 aromatic rings. The highest BCUT2D eigenvalue weighted by Gasteiger charge is 2.39. The second kappa shape index (κ2) is 10.8. The van der Waals surface area contributed by atoms with Crippen LogP contribution in [0, 0.1) is 6.92 Å². The van der Waals surface area contributed by atoms with E-state index < -0.39 is 21.5 Å². The third-order valence-electron chi connectivity index (χ3n) is 7.08. The van der Waals surface area contributed by atoms with Crippen LogP contribution in [0.1, 0.15) is 50.3 Å². The monoisotopic (exact) mass is 522 g/mol. The summed E-state index contributed by atoms with van der Waals surface area (Å²) in [5.41, 5.74) is 1.82. The van der Waals surface area contributed by atoms with Gasteiger partial charge in [-0.3, -0.25) is 9.10 Å². The van der Waals surface area contributed by atoms with Crippen LogP contribution in [0.5, 0.6) is 11.5 Å². The summed E-state index contributed by atoms with van der Waals surface area (Å²) in [4.78, 5) is 13.6. The molecule has 1 atom stereocenters. The predicted molar refractivity (Wildman–Crippen MR) is 145 cm³/mol. The van der Waals surface area contributed by atoms with Crippen molar-refractivity contribution in [3.8, 4) is 11.5 Å². The first-order chi connectivity index (χ1) is 17.7. The van der Waals surface area contributed by atoms with Gasteiger partial charge in [0, 0.05) is 12.0 Å². The molecular weight excluding hydrogens is 488 g/mol. The van der Waals surface area contributed by atoms with Crippen LogP contribution in [0.4, 0.5) is 5.69 Å². The van der Waals surface area contributed by atoms with Gasteiger partial charge in [-0.2, -0.15) is 0 Å². The number of ether oxygens (including phenoxy) is 2. The molecule has 0 radical (unpaired) electrons. The first-order valence-electron chi connectivity index (χ1n) is 12.5. The Morgan fingerprint density at radius 1 is 1.03 bits per heavy atom. The SMILES string of the molecule is CCC1(CC)CC(NC(=O)CN(c2ccc(OC)cc2)S(=O)(=O)c2ccc(C)cc2)c2ccccc2O1. The number of anilines is 1. The van der Waals surface area contributed by atoms with Gasteiger partial charge in [0.05, 0.1) is 23.7 Å². The van der Waals surface area contributed by atoms with E-state index in [1.807, 2.05) is 31.2 Å². The number of hydrogen-bond donors (Lipinski definition) is 1. The van der Waals surface area contributed by atoms with E-state index >= 15 is 0 Å². The maximum Gasteiger partial charge on any atom is 0.264 e. The van der Waals surface area contributed by atoms with Crippen molar-refractivity contribution in [3.05, 3.63) is 83.9 Å². The number of methoxy groups -OCH3 is 1. The van der Waals surface area contributed by atoms with E-state index in [1.165, 1.54) is 0 Å². The lowest BCUT2D eigenvalue weighted by molar-refractivity contribution is -0.121. The summed E-state index contributed by atoms with van der Waals surface area (Å²) in [6.07, 6.45) is 2.20. The number of rotatable bonds is 9. The fourth-order valence-corrected chi connectivity index (χ4v) is 6.12. The van der Waals surface area contributed by atoms with Crippen molar-refractivity contribution in [2.45, 2.75) is 56.6 Å². The minimum absolute atomic E-state index is 0.120. The van der Waals surface area contributed by atoms with Crippen molar-refractivity contribution in [2.24, 2.45) is 0 Å². The number of carbonyl (C=O) groups excluding carboxylic acids is 1. The van der Waals surface area contributed by atoms with Crippen LogP contribution < -0.4 is 19.1 Å². The topological polar surface area (TPSA) is 84.9 Å². The molecule has 8 heteroatoms. The summed E-state index contributed by atoms with van der Waals surface area (Å²) >= 11 is 0. The lowest BCUT2D eigenvalue weighted by Crippen LogP contribution is -2.47. The number of hydrogen-bond acceptors (Lipinski definition) is 5. The Labute approximate surface area is 219 Å². The largest absolute Gasteiger partial charge is 0.497 e. The normalized spacial score (nSPS) is 16.3. The molecule has 1 aliphatic heterocycles. The minimum Gasteiger partial charge on any atom is -0.497 e. The van der Waals surface area contributed by atoms with E-state index in [0.29, 0.717) is 17.9 Å².